The number of hydrogen-bond donors (Lipinski definition) is 1. The minimum Gasteiger partial charge on any atom is -0.452 e. The van der Waals surface area contributed by atoms with Crippen LogP contribution in [0.25, 0.3) is 6.08 Å². The Kier molecular flexibility index (Phi) is 8.35. The Bertz CT molecular complexity index is 1310. The Hall–Kier alpha value is -3.31. The van der Waals surface area contributed by atoms with Crippen LogP contribution >= 0.6 is 34.8 Å². The van der Waals surface area contributed by atoms with Crippen molar-refractivity contribution in [2.75, 3.05) is 11.9 Å². The van der Waals surface area contributed by atoms with Gasteiger partial charge in [0.1, 0.15) is 6.07 Å². The second-order valence-corrected chi connectivity index (χ2v) is 8.48. The van der Waals surface area contributed by atoms with Crippen molar-refractivity contribution in [3.63, 3.8) is 0 Å². The van der Waals surface area contributed by atoms with E-state index in [0.29, 0.717) is 27.3 Å². The molecule has 3 rings (SSSR count). The van der Waals surface area contributed by atoms with E-state index in [1.54, 1.807) is 29.0 Å². The Morgan fingerprint density at radius 2 is 1.88 bits per heavy atom. The molecule has 1 amide bonds. The molecular formula is C24H19Cl3N4O3. The number of halogens is 3. The zero-order valence-corrected chi connectivity index (χ0v) is 20.5. The molecule has 0 aliphatic heterocycles. The molecule has 0 aliphatic carbocycles. The lowest BCUT2D eigenvalue weighted by Crippen LogP contribution is -2.20. The number of nitrogens with zero attached hydrogens (tertiary/aromatic N) is 3. The van der Waals surface area contributed by atoms with Crippen LogP contribution in [0, 0.1) is 25.2 Å². The van der Waals surface area contributed by atoms with Crippen LogP contribution < -0.4 is 5.32 Å². The van der Waals surface area contributed by atoms with Crippen LogP contribution in [0.1, 0.15) is 28.1 Å². The number of carbonyl (C=O) groups is 2. The van der Waals surface area contributed by atoms with E-state index in [-0.39, 0.29) is 11.3 Å². The zero-order chi connectivity index (χ0) is 24.8. The van der Waals surface area contributed by atoms with Gasteiger partial charge in [0.15, 0.2) is 6.61 Å². The van der Waals surface area contributed by atoms with Crippen LogP contribution in [0.5, 0.6) is 0 Å². The molecule has 0 spiro atoms. The van der Waals surface area contributed by atoms with Crippen molar-refractivity contribution in [1.29, 1.82) is 5.26 Å². The van der Waals surface area contributed by atoms with Crippen molar-refractivity contribution in [2.24, 2.45) is 0 Å². The van der Waals surface area contributed by atoms with Crippen molar-refractivity contribution in [2.45, 2.75) is 20.4 Å². The van der Waals surface area contributed by atoms with Crippen molar-refractivity contribution in [3.8, 4) is 6.07 Å². The average molecular weight is 518 g/mol. The number of nitrogens with one attached hydrogen (secondary N) is 1. The fraction of sp³-hybridized carbons (Fsp3) is 0.167. The van der Waals surface area contributed by atoms with Crippen LogP contribution in [-0.2, 0) is 20.9 Å². The maximum atomic E-state index is 12.1. The highest BCUT2D eigenvalue weighted by Gasteiger charge is 2.14. The summed E-state index contributed by atoms with van der Waals surface area (Å²) < 4.78 is 6.75. The molecule has 0 atom stereocenters. The minimum absolute atomic E-state index is 0.240. The minimum atomic E-state index is -0.706. The fourth-order valence-corrected chi connectivity index (χ4v) is 3.87. The molecule has 1 aromatic heterocycles. The van der Waals surface area contributed by atoms with E-state index >= 15 is 0 Å². The molecule has 0 fully saturated rings. The molecule has 1 N–H and O–H groups in total. The van der Waals surface area contributed by atoms with Crippen molar-refractivity contribution in [1.82, 2.24) is 9.78 Å². The molecule has 0 unspecified atom stereocenters. The molecule has 2 aromatic carbocycles. The summed E-state index contributed by atoms with van der Waals surface area (Å²) in [4.78, 5) is 24.2. The Labute approximate surface area is 211 Å². The van der Waals surface area contributed by atoms with Crippen LogP contribution in [0.4, 0.5) is 5.69 Å². The number of hydrogen-bond acceptors (Lipinski definition) is 5. The number of amides is 1. The second-order valence-electron chi connectivity index (χ2n) is 7.23. The Morgan fingerprint density at radius 1 is 1.18 bits per heavy atom. The van der Waals surface area contributed by atoms with E-state index in [0.717, 1.165) is 16.8 Å². The largest absolute Gasteiger partial charge is 0.452 e. The lowest BCUT2D eigenvalue weighted by Gasteiger charge is -2.09. The molecule has 1 heterocycles. The maximum absolute atomic E-state index is 12.1. The third-order valence-corrected chi connectivity index (χ3v) is 5.86. The lowest BCUT2D eigenvalue weighted by atomic mass is 10.1. The maximum Gasteiger partial charge on any atom is 0.331 e. The van der Waals surface area contributed by atoms with Crippen molar-refractivity contribution >= 4 is 58.4 Å². The van der Waals surface area contributed by atoms with Gasteiger partial charge < -0.3 is 10.1 Å². The van der Waals surface area contributed by atoms with Gasteiger partial charge in [0.05, 0.1) is 23.5 Å². The summed E-state index contributed by atoms with van der Waals surface area (Å²) in [6, 6.07) is 11.7. The standard InChI is InChI=1S/C24H19Cl3N4O3/c1-14-18(15(2)31(30-14)12-19-20(26)4-3-5-21(19)27)8-9-24(33)34-13-23(32)29-22-10-17(25)7-6-16(22)11-28/h3-10H,12-13H2,1-2H3,(H,29,32). The first-order valence-corrected chi connectivity index (χ1v) is 11.1. The zero-order valence-electron chi connectivity index (χ0n) is 18.2. The van der Waals surface area contributed by atoms with Crippen molar-refractivity contribution in [3.05, 3.63) is 85.6 Å². The molecule has 10 heteroatoms. The number of aryl methyl sites for hydroxylation is 1. The fourth-order valence-electron chi connectivity index (χ4n) is 3.18. The van der Waals surface area contributed by atoms with E-state index in [4.69, 9.17) is 44.8 Å². The first-order chi connectivity index (χ1) is 16.2. The lowest BCUT2D eigenvalue weighted by molar-refractivity contribution is -0.142. The summed E-state index contributed by atoms with van der Waals surface area (Å²) in [7, 11) is 0. The van der Waals surface area contributed by atoms with E-state index in [1.807, 2.05) is 19.9 Å². The molecule has 0 saturated heterocycles. The van der Waals surface area contributed by atoms with Gasteiger partial charge in [-0.05, 0) is 50.3 Å². The van der Waals surface area contributed by atoms with Crippen LogP contribution in [-0.4, -0.2) is 28.3 Å². The molecule has 34 heavy (non-hydrogen) atoms. The number of esters is 1. The molecule has 174 valence electrons. The van der Waals surface area contributed by atoms with E-state index < -0.39 is 18.5 Å². The van der Waals surface area contributed by atoms with Gasteiger partial charge in [0.2, 0.25) is 0 Å². The number of ether oxygens (including phenoxy) is 1. The van der Waals surface area contributed by atoms with Gasteiger partial charge in [-0.15, -0.1) is 0 Å². The normalized spacial score (nSPS) is 10.8. The first-order valence-electron chi connectivity index (χ1n) is 10.0. The van der Waals surface area contributed by atoms with Gasteiger partial charge in [0.25, 0.3) is 5.91 Å². The first kappa shape index (κ1) is 25.3. The number of aromatic nitrogens is 2. The third kappa shape index (κ3) is 6.17. The molecule has 0 saturated carbocycles. The van der Waals surface area contributed by atoms with E-state index in [2.05, 4.69) is 10.4 Å². The predicted octanol–water partition coefficient (Wildman–Crippen LogP) is 5.58. The highest BCUT2D eigenvalue weighted by molar-refractivity contribution is 6.36. The highest BCUT2D eigenvalue weighted by Crippen LogP contribution is 2.26. The molecule has 0 aliphatic rings. The van der Waals surface area contributed by atoms with Gasteiger partial charge in [0, 0.05) is 38.0 Å². The van der Waals surface area contributed by atoms with Crippen LogP contribution in [0.3, 0.4) is 0 Å². The molecule has 7 nitrogen and oxygen atoms in total. The second kappa shape index (κ2) is 11.2. The Balaban J connectivity index is 1.62. The highest BCUT2D eigenvalue weighted by atomic mass is 35.5. The summed E-state index contributed by atoms with van der Waals surface area (Å²) in [5, 5.41) is 17.6. The summed E-state index contributed by atoms with van der Waals surface area (Å²) >= 11 is 18.4. The summed E-state index contributed by atoms with van der Waals surface area (Å²) in [6.07, 6.45) is 2.80. The number of benzene rings is 2. The summed E-state index contributed by atoms with van der Waals surface area (Å²) in [5.74, 6) is -1.31. The Morgan fingerprint density at radius 3 is 2.56 bits per heavy atom. The number of rotatable bonds is 7. The van der Waals surface area contributed by atoms with Crippen molar-refractivity contribution < 1.29 is 14.3 Å². The number of anilines is 1. The molecule has 3 aromatic rings. The van der Waals surface area contributed by atoms with Gasteiger partial charge in [-0.1, -0.05) is 40.9 Å². The van der Waals surface area contributed by atoms with Crippen LogP contribution in [0.15, 0.2) is 42.5 Å². The summed E-state index contributed by atoms with van der Waals surface area (Å²) in [6.45, 7) is 3.52. The third-order valence-electron chi connectivity index (χ3n) is 4.91. The van der Waals surface area contributed by atoms with Gasteiger partial charge in [-0.2, -0.15) is 10.4 Å². The molecule has 0 bridgehead atoms. The van der Waals surface area contributed by atoms with Crippen LogP contribution in [0.2, 0.25) is 15.1 Å². The smallest absolute Gasteiger partial charge is 0.331 e. The predicted molar refractivity (Wildman–Crippen MR) is 132 cm³/mol. The average Bonchev–Trinajstić information content (AvgIpc) is 3.06. The number of nitriles is 1. The van der Waals surface area contributed by atoms with E-state index in [1.165, 1.54) is 24.3 Å². The number of carbonyl (C=O) groups excluding carboxylic acids is 2. The topological polar surface area (TPSA) is 97.0 Å². The summed E-state index contributed by atoms with van der Waals surface area (Å²) in [5.41, 5.74) is 3.47. The quantitative estimate of drug-likeness (QED) is 0.326. The monoisotopic (exact) mass is 516 g/mol. The van der Waals surface area contributed by atoms with Gasteiger partial charge >= 0.3 is 5.97 Å². The van der Waals surface area contributed by atoms with Gasteiger partial charge in [-0.25, -0.2) is 4.79 Å². The van der Waals surface area contributed by atoms with E-state index in [9.17, 15) is 9.59 Å². The van der Waals surface area contributed by atoms with Gasteiger partial charge in [-0.3, -0.25) is 9.48 Å². The molecular weight excluding hydrogens is 499 g/mol. The SMILES string of the molecule is Cc1nn(Cc2c(Cl)cccc2Cl)c(C)c1C=CC(=O)OCC(=O)Nc1cc(Cl)ccc1C#N. The molecule has 0 radical (unpaired) electrons.